The lowest BCUT2D eigenvalue weighted by molar-refractivity contribution is 0.475. The number of phenols is 1. The highest BCUT2D eigenvalue weighted by Crippen LogP contribution is 2.35. The van der Waals surface area contributed by atoms with E-state index in [2.05, 4.69) is 16.7 Å². The first-order valence-electron chi connectivity index (χ1n) is 6.50. The lowest BCUT2D eigenvalue weighted by Crippen LogP contribution is -2.05. The Bertz CT molecular complexity index is 773. The third kappa shape index (κ3) is 3.55. The normalized spacial score (nSPS) is 13.0. The predicted molar refractivity (Wildman–Crippen MR) is 95.8 cm³/mol. The highest BCUT2D eigenvalue weighted by Gasteiger charge is 2.13. The summed E-state index contributed by atoms with van der Waals surface area (Å²) in [6.45, 7) is 7.36. The molecular weight excluding hydrogens is 318 g/mol. The summed E-state index contributed by atoms with van der Waals surface area (Å²) in [6.07, 6.45) is 0. The number of nitrogens with zero attached hydrogens (tertiary/aromatic N) is 2. The van der Waals surface area contributed by atoms with Crippen LogP contribution in [-0.4, -0.2) is 17.7 Å². The minimum Gasteiger partial charge on any atom is -0.506 e. The van der Waals surface area contributed by atoms with Crippen LogP contribution in [0.4, 0.5) is 0 Å². The van der Waals surface area contributed by atoms with E-state index in [1.54, 1.807) is 30.4 Å². The number of amidine groups is 1. The third-order valence-corrected chi connectivity index (χ3v) is 4.18. The van der Waals surface area contributed by atoms with Crippen molar-refractivity contribution in [2.45, 2.75) is 13.8 Å². The zero-order valence-electron chi connectivity index (χ0n) is 12.3. The number of hydrogen-bond acceptors (Lipinski definition) is 4. The molecule has 0 fully saturated rings. The molecule has 2 aromatic rings. The Balaban J connectivity index is 2.71. The molecule has 6 heteroatoms. The van der Waals surface area contributed by atoms with E-state index < -0.39 is 0 Å². The van der Waals surface area contributed by atoms with Crippen molar-refractivity contribution < 1.29 is 5.11 Å². The van der Waals surface area contributed by atoms with Crippen molar-refractivity contribution in [3.63, 3.8) is 0 Å². The fraction of sp³-hybridized carbons (Fsp3) is 0.125. The second-order valence-electron chi connectivity index (χ2n) is 4.68. The lowest BCUT2D eigenvalue weighted by atomic mass is 10.1. The molecule has 114 valence electrons. The van der Waals surface area contributed by atoms with Crippen molar-refractivity contribution in [1.82, 2.24) is 0 Å². The van der Waals surface area contributed by atoms with Gasteiger partial charge in [-0.3, -0.25) is 4.99 Å². The first-order chi connectivity index (χ1) is 10.4. The smallest absolute Gasteiger partial charge is 0.134 e. The van der Waals surface area contributed by atoms with Gasteiger partial charge < -0.3 is 10.8 Å². The molecule has 0 atom stereocenters. The summed E-state index contributed by atoms with van der Waals surface area (Å²) in [7, 11) is 0. The summed E-state index contributed by atoms with van der Waals surface area (Å²) >= 11 is 7.58. The number of phenolic OH excluding ortho intramolecular Hbond substituents is 1. The number of hydrogen-bond donors (Lipinski definition) is 2. The second-order valence-corrected chi connectivity index (χ2v) is 6.38. The summed E-state index contributed by atoms with van der Waals surface area (Å²) in [5.74, 6) is 0.438. The first-order valence-corrected chi connectivity index (χ1v) is 7.69. The Hall–Kier alpha value is -2.11. The molecule has 0 spiro atoms. The summed E-state index contributed by atoms with van der Waals surface area (Å²) in [6, 6.07) is 8.83. The van der Waals surface area contributed by atoms with E-state index in [4.69, 9.17) is 17.3 Å². The van der Waals surface area contributed by atoms with Crippen LogP contribution in [0.3, 0.4) is 0 Å². The number of rotatable bonds is 4. The van der Waals surface area contributed by atoms with E-state index in [9.17, 15) is 5.11 Å². The van der Waals surface area contributed by atoms with E-state index in [1.807, 2.05) is 19.1 Å². The molecule has 0 aliphatic carbocycles. The third-order valence-electron chi connectivity index (χ3n) is 2.87. The Labute approximate surface area is 138 Å². The number of halogens is 1. The average molecular weight is 334 g/mol. The van der Waals surface area contributed by atoms with Crippen LogP contribution >= 0.6 is 22.9 Å². The molecule has 0 aliphatic rings. The van der Waals surface area contributed by atoms with Crippen molar-refractivity contribution >= 4 is 46.9 Å². The van der Waals surface area contributed by atoms with E-state index in [-0.39, 0.29) is 10.8 Å². The van der Waals surface area contributed by atoms with Crippen molar-refractivity contribution in [2.75, 3.05) is 0 Å². The summed E-state index contributed by atoms with van der Waals surface area (Å²) in [5, 5.41) is 9.81. The Morgan fingerprint density at radius 3 is 2.50 bits per heavy atom. The zero-order chi connectivity index (χ0) is 16.3. The molecule has 4 nitrogen and oxygen atoms in total. The molecule has 22 heavy (non-hydrogen) atoms. The Morgan fingerprint density at radius 1 is 1.27 bits per heavy atom. The maximum Gasteiger partial charge on any atom is 0.134 e. The SMILES string of the molecule is C=N/C(=C(\N=C(C)N)c1ccc(C)s1)c1ccc(O)c(Cl)c1. The Kier molecular flexibility index (Phi) is 5.00. The second kappa shape index (κ2) is 6.77. The van der Waals surface area contributed by atoms with Gasteiger partial charge in [-0.1, -0.05) is 11.6 Å². The number of aryl methyl sites for hydroxylation is 1. The van der Waals surface area contributed by atoms with E-state index in [1.165, 1.54) is 6.07 Å². The van der Waals surface area contributed by atoms with Gasteiger partial charge in [-0.15, -0.1) is 11.3 Å². The van der Waals surface area contributed by atoms with Crippen molar-refractivity contribution in [3.8, 4) is 5.75 Å². The van der Waals surface area contributed by atoms with Gasteiger partial charge in [-0.2, -0.15) is 0 Å². The number of aliphatic imine (C=N–C) groups is 2. The molecule has 0 radical (unpaired) electrons. The lowest BCUT2D eigenvalue weighted by Gasteiger charge is -2.08. The van der Waals surface area contributed by atoms with Gasteiger partial charge in [0.05, 0.1) is 21.4 Å². The van der Waals surface area contributed by atoms with Crippen LogP contribution in [0.5, 0.6) is 5.75 Å². The van der Waals surface area contributed by atoms with Gasteiger partial charge in [-0.05, 0) is 50.9 Å². The maximum atomic E-state index is 9.56. The molecule has 1 heterocycles. The molecule has 1 aromatic heterocycles. The molecule has 1 aromatic carbocycles. The van der Waals surface area contributed by atoms with Crippen LogP contribution in [0, 0.1) is 6.92 Å². The monoisotopic (exact) mass is 333 g/mol. The largest absolute Gasteiger partial charge is 0.506 e. The van der Waals surface area contributed by atoms with Gasteiger partial charge in [0.2, 0.25) is 0 Å². The molecule has 2 rings (SSSR count). The van der Waals surface area contributed by atoms with E-state index in [0.717, 1.165) is 9.75 Å². The molecule has 3 N–H and O–H groups in total. The van der Waals surface area contributed by atoms with E-state index in [0.29, 0.717) is 22.8 Å². The van der Waals surface area contributed by atoms with Crippen LogP contribution < -0.4 is 5.73 Å². The van der Waals surface area contributed by atoms with Gasteiger partial charge in [0, 0.05) is 10.4 Å². The van der Waals surface area contributed by atoms with Crippen LogP contribution in [0.2, 0.25) is 5.02 Å². The van der Waals surface area contributed by atoms with Crippen molar-refractivity contribution in [1.29, 1.82) is 0 Å². The van der Waals surface area contributed by atoms with Gasteiger partial charge in [0.25, 0.3) is 0 Å². The van der Waals surface area contributed by atoms with Gasteiger partial charge >= 0.3 is 0 Å². The minimum absolute atomic E-state index is 0.0147. The standard InChI is InChI=1S/C16H16ClN3OS/c1-9-4-7-14(22-9)16(20-10(2)18)15(19-3)11-5-6-13(21)12(17)8-11/h4-8,21H,3H2,1-2H3,(H2,18,20)/b16-15-. The molecular formula is C16H16ClN3OS. The molecule has 0 aliphatic heterocycles. The van der Waals surface area contributed by atoms with Gasteiger partial charge in [0.15, 0.2) is 0 Å². The van der Waals surface area contributed by atoms with Gasteiger partial charge in [0.1, 0.15) is 11.4 Å². The van der Waals surface area contributed by atoms with E-state index >= 15 is 0 Å². The molecule has 0 saturated heterocycles. The number of thiophene rings is 1. The van der Waals surface area contributed by atoms with Crippen molar-refractivity contribution in [3.05, 3.63) is 50.7 Å². The topological polar surface area (TPSA) is 71.0 Å². The summed E-state index contributed by atoms with van der Waals surface area (Å²) < 4.78 is 0. The van der Waals surface area contributed by atoms with Crippen LogP contribution in [0.25, 0.3) is 11.4 Å². The fourth-order valence-corrected chi connectivity index (χ4v) is 2.96. The number of benzene rings is 1. The van der Waals surface area contributed by atoms with Crippen LogP contribution in [0.1, 0.15) is 22.2 Å². The van der Waals surface area contributed by atoms with Gasteiger partial charge in [-0.25, -0.2) is 4.99 Å². The zero-order valence-corrected chi connectivity index (χ0v) is 13.9. The molecule has 0 bridgehead atoms. The fourth-order valence-electron chi connectivity index (χ4n) is 1.92. The van der Waals surface area contributed by atoms with Crippen molar-refractivity contribution in [2.24, 2.45) is 15.7 Å². The average Bonchev–Trinajstić information content (AvgIpc) is 2.88. The molecule has 0 amide bonds. The highest BCUT2D eigenvalue weighted by atomic mass is 35.5. The molecule has 0 unspecified atom stereocenters. The van der Waals surface area contributed by atoms with Crippen LogP contribution in [0.15, 0.2) is 40.3 Å². The maximum absolute atomic E-state index is 9.56. The quantitative estimate of drug-likeness (QED) is 0.646. The summed E-state index contributed by atoms with van der Waals surface area (Å²) in [5.41, 5.74) is 7.66. The summed E-state index contributed by atoms with van der Waals surface area (Å²) in [4.78, 5) is 10.6. The van der Waals surface area contributed by atoms with Crippen LogP contribution in [-0.2, 0) is 0 Å². The first kappa shape index (κ1) is 16.3. The number of aromatic hydroxyl groups is 1. The molecule has 0 saturated carbocycles. The highest BCUT2D eigenvalue weighted by molar-refractivity contribution is 7.13. The minimum atomic E-state index is 0.0147. The predicted octanol–water partition coefficient (Wildman–Crippen LogP) is 4.32. The Morgan fingerprint density at radius 2 is 2.00 bits per heavy atom. The number of nitrogens with two attached hydrogens (primary N) is 1.